The molecule has 21 heavy (non-hydrogen) atoms. The van der Waals surface area contributed by atoms with Crippen LogP contribution in [0.4, 0.5) is 0 Å². The van der Waals surface area contributed by atoms with Crippen molar-refractivity contribution < 1.29 is 9.53 Å². The summed E-state index contributed by atoms with van der Waals surface area (Å²) in [6.07, 6.45) is 2.97. The lowest BCUT2D eigenvalue weighted by Crippen LogP contribution is -2.42. The number of amides is 1. The maximum absolute atomic E-state index is 12.6. The van der Waals surface area contributed by atoms with Crippen LogP contribution in [0, 0.1) is 0 Å². The third kappa shape index (κ3) is 3.63. The summed E-state index contributed by atoms with van der Waals surface area (Å²) in [5.41, 5.74) is 1.28. The lowest BCUT2D eigenvalue weighted by atomic mass is 9.87. The molecule has 0 saturated carbocycles. The van der Waals surface area contributed by atoms with Gasteiger partial charge in [-0.2, -0.15) is 0 Å². The van der Waals surface area contributed by atoms with E-state index in [2.05, 4.69) is 29.6 Å². The summed E-state index contributed by atoms with van der Waals surface area (Å²) in [6.45, 7) is 3.88. The summed E-state index contributed by atoms with van der Waals surface area (Å²) in [7, 11) is 0. The minimum Gasteiger partial charge on any atom is -0.378 e. The second-order valence-corrected chi connectivity index (χ2v) is 5.92. The van der Waals surface area contributed by atoms with Crippen LogP contribution >= 0.6 is 0 Å². The first-order valence-electron chi connectivity index (χ1n) is 7.98. The summed E-state index contributed by atoms with van der Waals surface area (Å²) in [4.78, 5) is 14.5. The molecule has 0 spiro atoms. The van der Waals surface area contributed by atoms with Crippen LogP contribution in [0.15, 0.2) is 30.3 Å². The molecule has 2 atom stereocenters. The van der Waals surface area contributed by atoms with Crippen molar-refractivity contribution in [1.29, 1.82) is 0 Å². The Balaban J connectivity index is 1.71. The second kappa shape index (κ2) is 7.05. The Morgan fingerprint density at radius 2 is 2.05 bits per heavy atom. The van der Waals surface area contributed by atoms with E-state index >= 15 is 0 Å². The molecule has 2 fully saturated rings. The molecule has 114 valence electrons. The average molecular weight is 288 g/mol. The lowest BCUT2D eigenvalue weighted by molar-refractivity contribution is -0.135. The molecule has 1 N–H and O–H groups in total. The average Bonchev–Trinajstić information content (AvgIpc) is 3.08. The van der Waals surface area contributed by atoms with Crippen molar-refractivity contribution in [1.82, 2.24) is 10.2 Å². The predicted molar refractivity (Wildman–Crippen MR) is 82.2 cm³/mol. The number of ether oxygens (including phenoxy) is 1. The minimum absolute atomic E-state index is 0.265. The summed E-state index contributed by atoms with van der Waals surface area (Å²) >= 11 is 0. The van der Waals surface area contributed by atoms with Gasteiger partial charge in [0.1, 0.15) is 0 Å². The van der Waals surface area contributed by atoms with Crippen LogP contribution in [0.1, 0.15) is 30.7 Å². The monoisotopic (exact) mass is 288 g/mol. The smallest absolute Gasteiger partial charge is 0.223 e. The number of rotatable bonds is 4. The molecule has 3 rings (SSSR count). The zero-order valence-corrected chi connectivity index (χ0v) is 12.5. The Morgan fingerprint density at radius 1 is 1.29 bits per heavy atom. The van der Waals surface area contributed by atoms with Crippen LogP contribution in [0.2, 0.25) is 0 Å². The van der Waals surface area contributed by atoms with Crippen molar-refractivity contribution in [3.8, 4) is 0 Å². The van der Waals surface area contributed by atoms with Crippen molar-refractivity contribution in [2.24, 2.45) is 0 Å². The largest absolute Gasteiger partial charge is 0.378 e. The van der Waals surface area contributed by atoms with Gasteiger partial charge in [-0.1, -0.05) is 30.3 Å². The summed E-state index contributed by atoms with van der Waals surface area (Å²) in [5, 5.41) is 3.57. The van der Waals surface area contributed by atoms with Gasteiger partial charge in [0.15, 0.2) is 0 Å². The highest BCUT2D eigenvalue weighted by molar-refractivity contribution is 5.77. The highest BCUT2D eigenvalue weighted by Gasteiger charge is 2.29. The van der Waals surface area contributed by atoms with Gasteiger partial charge in [0.05, 0.1) is 13.2 Å². The number of nitrogens with zero attached hydrogens (tertiary/aromatic N) is 1. The van der Waals surface area contributed by atoms with Crippen molar-refractivity contribution in [3.63, 3.8) is 0 Å². The standard InChI is InChI=1S/C17H24N2O2/c20-17(19-9-11-21-12-10-19)13-15(16-7-4-8-18-16)14-5-2-1-3-6-14/h1-3,5-6,15-16,18H,4,7-13H2/t15-,16+/m0/s1. The fourth-order valence-corrected chi connectivity index (χ4v) is 3.38. The topological polar surface area (TPSA) is 41.6 Å². The fraction of sp³-hybridized carbons (Fsp3) is 0.588. The van der Waals surface area contributed by atoms with E-state index in [0.29, 0.717) is 25.7 Å². The first kappa shape index (κ1) is 14.5. The molecule has 2 aliphatic heterocycles. The summed E-state index contributed by atoms with van der Waals surface area (Å²) in [6, 6.07) is 10.9. The third-order valence-electron chi connectivity index (χ3n) is 4.57. The molecule has 0 unspecified atom stereocenters. The number of hydrogen-bond acceptors (Lipinski definition) is 3. The van der Waals surface area contributed by atoms with Gasteiger partial charge in [-0.05, 0) is 24.9 Å². The molecule has 4 nitrogen and oxygen atoms in total. The molecule has 2 heterocycles. The van der Waals surface area contributed by atoms with Crippen molar-refractivity contribution in [3.05, 3.63) is 35.9 Å². The molecule has 1 aromatic rings. The van der Waals surface area contributed by atoms with E-state index in [1.807, 2.05) is 11.0 Å². The number of hydrogen-bond donors (Lipinski definition) is 1. The van der Waals surface area contributed by atoms with E-state index in [1.54, 1.807) is 0 Å². The van der Waals surface area contributed by atoms with E-state index in [9.17, 15) is 4.79 Å². The molecule has 1 amide bonds. The molecular formula is C17H24N2O2. The van der Waals surface area contributed by atoms with Crippen LogP contribution in [0.3, 0.4) is 0 Å². The maximum atomic E-state index is 12.6. The Labute approximate surface area is 126 Å². The van der Waals surface area contributed by atoms with Crippen LogP contribution in [-0.2, 0) is 9.53 Å². The molecule has 4 heteroatoms. The van der Waals surface area contributed by atoms with Gasteiger partial charge in [-0.25, -0.2) is 0 Å². The summed E-state index contributed by atoms with van der Waals surface area (Å²) in [5.74, 6) is 0.546. The zero-order chi connectivity index (χ0) is 14.5. The first-order valence-corrected chi connectivity index (χ1v) is 7.98. The number of carbonyl (C=O) groups is 1. The van der Waals surface area contributed by atoms with Gasteiger partial charge in [-0.15, -0.1) is 0 Å². The van der Waals surface area contributed by atoms with Gasteiger partial charge in [0.2, 0.25) is 5.91 Å². The maximum Gasteiger partial charge on any atom is 0.223 e. The minimum atomic E-state index is 0.265. The van der Waals surface area contributed by atoms with Crippen molar-refractivity contribution in [2.45, 2.75) is 31.2 Å². The quantitative estimate of drug-likeness (QED) is 0.918. The van der Waals surface area contributed by atoms with Crippen molar-refractivity contribution >= 4 is 5.91 Å². The third-order valence-corrected chi connectivity index (χ3v) is 4.57. The van der Waals surface area contributed by atoms with Crippen LogP contribution in [0.5, 0.6) is 0 Å². The Morgan fingerprint density at radius 3 is 2.71 bits per heavy atom. The molecule has 0 bridgehead atoms. The molecule has 1 aromatic carbocycles. The number of nitrogens with one attached hydrogen (secondary N) is 1. The van der Waals surface area contributed by atoms with Gasteiger partial charge >= 0.3 is 0 Å². The molecular weight excluding hydrogens is 264 g/mol. The van der Waals surface area contributed by atoms with Crippen LogP contribution in [-0.4, -0.2) is 49.7 Å². The number of morpholine rings is 1. The number of carbonyl (C=O) groups excluding carboxylic acids is 1. The van der Waals surface area contributed by atoms with E-state index in [4.69, 9.17) is 4.74 Å². The fourth-order valence-electron chi connectivity index (χ4n) is 3.38. The molecule has 0 radical (unpaired) electrons. The van der Waals surface area contributed by atoms with Gasteiger partial charge in [0, 0.05) is 31.5 Å². The van der Waals surface area contributed by atoms with Gasteiger partial charge in [-0.3, -0.25) is 4.79 Å². The highest BCUT2D eigenvalue weighted by atomic mass is 16.5. The first-order chi connectivity index (χ1) is 10.3. The van der Waals surface area contributed by atoms with Crippen molar-refractivity contribution in [2.75, 3.05) is 32.8 Å². The van der Waals surface area contributed by atoms with E-state index in [0.717, 1.165) is 26.1 Å². The molecule has 0 aliphatic carbocycles. The zero-order valence-electron chi connectivity index (χ0n) is 12.5. The van der Waals surface area contributed by atoms with E-state index in [-0.39, 0.29) is 11.8 Å². The molecule has 0 aromatic heterocycles. The van der Waals surface area contributed by atoms with Crippen LogP contribution < -0.4 is 5.32 Å². The Hall–Kier alpha value is -1.39. The normalized spacial score (nSPS) is 24.0. The summed E-state index contributed by atoms with van der Waals surface area (Å²) < 4.78 is 5.33. The van der Waals surface area contributed by atoms with Crippen LogP contribution in [0.25, 0.3) is 0 Å². The van der Waals surface area contributed by atoms with Gasteiger partial charge in [0.25, 0.3) is 0 Å². The highest BCUT2D eigenvalue weighted by Crippen LogP contribution is 2.29. The Kier molecular flexibility index (Phi) is 4.88. The number of benzene rings is 1. The van der Waals surface area contributed by atoms with E-state index < -0.39 is 0 Å². The SMILES string of the molecule is O=C(C[C@@H](c1ccccc1)[C@H]1CCCN1)N1CCOCC1. The predicted octanol–water partition coefficient (Wildman–Crippen LogP) is 1.77. The Bertz CT molecular complexity index is 451. The van der Waals surface area contributed by atoms with E-state index in [1.165, 1.54) is 12.0 Å². The molecule has 2 saturated heterocycles. The lowest BCUT2D eigenvalue weighted by Gasteiger charge is -2.30. The second-order valence-electron chi connectivity index (χ2n) is 5.92. The molecule has 2 aliphatic rings. The van der Waals surface area contributed by atoms with Gasteiger partial charge < -0.3 is 15.0 Å².